The summed E-state index contributed by atoms with van der Waals surface area (Å²) in [5, 5.41) is 0. The fourth-order valence-electron chi connectivity index (χ4n) is 3.14. The van der Waals surface area contributed by atoms with E-state index < -0.39 is 0 Å². The summed E-state index contributed by atoms with van der Waals surface area (Å²) in [7, 11) is 0. The summed E-state index contributed by atoms with van der Waals surface area (Å²) in [4.78, 5) is 28.4. The summed E-state index contributed by atoms with van der Waals surface area (Å²) in [6.07, 6.45) is 10.2. The molecule has 2 aliphatic rings. The first-order chi connectivity index (χ1) is 9.74. The van der Waals surface area contributed by atoms with E-state index in [2.05, 4.69) is 4.98 Å². The van der Waals surface area contributed by atoms with Crippen LogP contribution in [-0.4, -0.2) is 28.4 Å². The number of rotatable bonds is 4. The van der Waals surface area contributed by atoms with Crippen molar-refractivity contribution in [2.75, 3.05) is 6.54 Å². The van der Waals surface area contributed by atoms with Gasteiger partial charge in [0.15, 0.2) is 0 Å². The van der Waals surface area contributed by atoms with Crippen LogP contribution in [0.1, 0.15) is 55.3 Å². The number of amides is 1. The Morgan fingerprint density at radius 1 is 1.15 bits per heavy atom. The van der Waals surface area contributed by atoms with Crippen LogP contribution in [0.3, 0.4) is 0 Å². The number of pyridine rings is 1. The maximum atomic E-state index is 12.6. The van der Waals surface area contributed by atoms with Crippen molar-refractivity contribution in [3.05, 3.63) is 34.2 Å². The molecule has 0 saturated heterocycles. The molecule has 0 unspecified atom stereocenters. The molecule has 108 valence electrons. The molecule has 2 aliphatic carbocycles. The second-order valence-corrected chi connectivity index (χ2v) is 6.13. The molecule has 1 N–H and O–H groups in total. The van der Waals surface area contributed by atoms with Gasteiger partial charge in [-0.1, -0.05) is 19.3 Å². The number of aromatic nitrogens is 1. The van der Waals surface area contributed by atoms with Crippen molar-refractivity contribution in [2.24, 2.45) is 5.92 Å². The molecule has 2 saturated carbocycles. The minimum atomic E-state index is -0.160. The van der Waals surface area contributed by atoms with Gasteiger partial charge in [0.25, 0.3) is 5.91 Å². The summed E-state index contributed by atoms with van der Waals surface area (Å²) in [5.41, 5.74) is 0.444. The van der Waals surface area contributed by atoms with E-state index in [1.807, 2.05) is 4.90 Å². The number of carbonyl (C=O) groups excluding carboxylic acids is 1. The highest BCUT2D eigenvalue weighted by Crippen LogP contribution is 2.32. The Morgan fingerprint density at radius 3 is 2.50 bits per heavy atom. The Hall–Kier alpha value is -1.58. The first kappa shape index (κ1) is 13.4. The summed E-state index contributed by atoms with van der Waals surface area (Å²) >= 11 is 0. The molecule has 0 bridgehead atoms. The van der Waals surface area contributed by atoms with Crippen LogP contribution in [0.4, 0.5) is 0 Å². The quantitative estimate of drug-likeness (QED) is 0.917. The van der Waals surface area contributed by atoms with Gasteiger partial charge >= 0.3 is 0 Å². The second-order valence-electron chi connectivity index (χ2n) is 6.13. The van der Waals surface area contributed by atoms with Crippen LogP contribution in [0.2, 0.25) is 0 Å². The van der Waals surface area contributed by atoms with Crippen LogP contribution in [0.5, 0.6) is 0 Å². The molecule has 0 radical (unpaired) electrons. The molecular formula is C16H22N2O2. The molecule has 0 spiro atoms. The number of hydrogen-bond donors (Lipinski definition) is 1. The largest absolute Gasteiger partial charge is 0.335 e. The van der Waals surface area contributed by atoms with Crippen molar-refractivity contribution in [3.63, 3.8) is 0 Å². The van der Waals surface area contributed by atoms with Gasteiger partial charge in [-0.3, -0.25) is 9.59 Å². The average molecular weight is 274 g/mol. The molecule has 2 fully saturated rings. The zero-order chi connectivity index (χ0) is 13.9. The molecule has 0 aromatic carbocycles. The first-order valence-corrected chi connectivity index (χ1v) is 7.74. The van der Waals surface area contributed by atoms with Crippen LogP contribution >= 0.6 is 0 Å². The lowest BCUT2D eigenvalue weighted by Gasteiger charge is -2.30. The maximum absolute atomic E-state index is 12.6. The Labute approximate surface area is 119 Å². The summed E-state index contributed by atoms with van der Waals surface area (Å²) in [5.74, 6) is 0.741. The molecule has 1 heterocycles. The standard InChI is InChI=1S/C16H22N2O2/c19-15-9-6-13(10-17-15)16(20)18(14-7-8-14)11-12-4-2-1-3-5-12/h6,9-10,12,14H,1-5,7-8,11H2,(H,17,19). The third-order valence-corrected chi connectivity index (χ3v) is 4.46. The van der Waals surface area contributed by atoms with Gasteiger partial charge in [-0.2, -0.15) is 0 Å². The van der Waals surface area contributed by atoms with E-state index in [4.69, 9.17) is 0 Å². The Kier molecular flexibility index (Phi) is 3.90. The van der Waals surface area contributed by atoms with E-state index in [1.54, 1.807) is 12.3 Å². The molecule has 1 aromatic heterocycles. The van der Waals surface area contributed by atoms with Crippen molar-refractivity contribution >= 4 is 5.91 Å². The average Bonchev–Trinajstić information content (AvgIpc) is 3.30. The number of H-pyrrole nitrogens is 1. The Bertz CT molecular complexity index is 507. The Morgan fingerprint density at radius 2 is 1.90 bits per heavy atom. The normalized spacial score (nSPS) is 19.8. The van der Waals surface area contributed by atoms with Gasteiger partial charge in [-0.25, -0.2) is 0 Å². The van der Waals surface area contributed by atoms with Crippen LogP contribution in [0, 0.1) is 5.92 Å². The van der Waals surface area contributed by atoms with Gasteiger partial charge in [0.2, 0.25) is 5.56 Å². The number of aromatic amines is 1. The first-order valence-electron chi connectivity index (χ1n) is 7.74. The van der Waals surface area contributed by atoms with E-state index in [9.17, 15) is 9.59 Å². The SMILES string of the molecule is O=C(c1ccc(=O)[nH]c1)N(CC1CCCCC1)C1CC1. The van der Waals surface area contributed by atoms with E-state index in [1.165, 1.54) is 38.2 Å². The highest BCUT2D eigenvalue weighted by molar-refractivity contribution is 5.94. The zero-order valence-corrected chi connectivity index (χ0v) is 11.8. The molecule has 4 heteroatoms. The van der Waals surface area contributed by atoms with Crippen molar-refractivity contribution in [1.82, 2.24) is 9.88 Å². The fraction of sp³-hybridized carbons (Fsp3) is 0.625. The minimum Gasteiger partial charge on any atom is -0.335 e. The monoisotopic (exact) mass is 274 g/mol. The highest BCUT2D eigenvalue weighted by Gasteiger charge is 2.34. The smallest absolute Gasteiger partial charge is 0.255 e. The van der Waals surface area contributed by atoms with Gasteiger partial charge in [0.1, 0.15) is 0 Å². The second kappa shape index (κ2) is 5.81. The molecule has 20 heavy (non-hydrogen) atoms. The molecule has 0 aliphatic heterocycles. The number of hydrogen-bond acceptors (Lipinski definition) is 2. The number of carbonyl (C=O) groups is 1. The van der Waals surface area contributed by atoms with E-state index in [0.717, 1.165) is 19.4 Å². The molecule has 0 atom stereocenters. The summed E-state index contributed by atoms with van der Waals surface area (Å²) in [6.45, 7) is 0.891. The minimum absolute atomic E-state index is 0.0781. The molecule has 3 rings (SSSR count). The number of nitrogens with zero attached hydrogens (tertiary/aromatic N) is 1. The predicted octanol–water partition coefficient (Wildman–Crippen LogP) is 2.56. The van der Waals surface area contributed by atoms with Crippen LogP contribution in [0.25, 0.3) is 0 Å². The fourth-order valence-corrected chi connectivity index (χ4v) is 3.14. The molecular weight excluding hydrogens is 252 g/mol. The van der Waals surface area contributed by atoms with Crippen molar-refractivity contribution in [3.8, 4) is 0 Å². The van der Waals surface area contributed by atoms with Gasteiger partial charge in [-0.05, 0) is 37.7 Å². The summed E-state index contributed by atoms with van der Waals surface area (Å²) in [6, 6.07) is 3.49. The molecule has 1 amide bonds. The van der Waals surface area contributed by atoms with Crippen molar-refractivity contribution in [1.29, 1.82) is 0 Å². The van der Waals surface area contributed by atoms with Gasteiger partial charge in [0.05, 0.1) is 5.56 Å². The third-order valence-electron chi connectivity index (χ3n) is 4.46. The lowest BCUT2D eigenvalue weighted by atomic mass is 9.89. The van der Waals surface area contributed by atoms with Gasteiger partial charge in [0, 0.05) is 24.8 Å². The third kappa shape index (κ3) is 3.11. The van der Waals surface area contributed by atoms with Crippen molar-refractivity contribution < 1.29 is 4.79 Å². The van der Waals surface area contributed by atoms with E-state index in [0.29, 0.717) is 17.5 Å². The van der Waals surface area contributed by atoms with Crippen LogP contribution < -0.4 is 5.56 Å². The van der Waals surface area contributed by atoms with Gasteiger partial charge < -0.3 is 9.88 Å². The zero-order valence-electron chi connectivity index (χ0n) is 11.8. The lowest BCUT2D eigenvalue weighted by Crippen LogP contribution is -2.38. The van der Waals surface area contributed by atoms with Gasteiger partial charge in [-0.15, -0.1) is 0 Å². The van der Waals surface area contributed by atoms with Crippen molar-refractivity contribution in [2.45, 2.75) is 51.0 Å². The van der Waals surface area contributed by atoms with E-state index >= 15 is 0 Å². The summed E-state index contributed by atoms with van der Waals surface area (Å²) < 4.78 is 0. The number of nitrogens with one attached hydrogen (secondary N) is 1. The highest BCUT2D eigenvalue weighted by atomic mass is 16.2. The molecule has 1 aromatic rings. The lowest BCUT2D eigenvalue weighted by molar-refractivity contribution is 0.0698. The van der Waals surface area contributed by atoms with Crippen LogP contribution in [-0.2, 0) is 0 Å². The topological polar surface area (TPSA) is 53.2 Å². The maximum Gasteiger partial charge on any atom is 0.255 e. The molecule has 4 nitrogen and oxygen atoms in total. The van der Waals surface area contributed by atoms with Crippen LogP contribution in [0.15, 0.2) is 23.1 Å². The predicted molar refractivity (Wildman–Crippen MR) is 77.7 cm³/mol. The van der Waals surface area contributed by atoms with E-state index in [-0.39, 0.29) is 11.5 Å². The Balaban J connectivity index is 1.71.